The molecule has 2 nitrogen and oxygen atoms in total. The van der Waals surface area contributed by atoms with Crippen LogP contribution in [0.3, 0.4) is 0 Å². The van der Waals surface area contributed by atoms with E-state index in [4.69, 9.17) is 4.84 Å². The molecule has 0 aromatic heterocycles. The fourth-order valence-electron chi connectivity index (χ4n) is 2.20. The summed E-state index contributed by atoms with van der Waals surface area (Å²) in [6.07, 6.45) is 1.14. The third kappa shape index (κ3) is 2.37. The highest BCUT2D eigenvalue weighted by molar-refractivity contribution is 6.77. The summed E-state index contributed by atoms with van der Waals surface area (Å²) >= 11 is 0. The lowest BCUT2D eigenvalue weighted by Crippen LogP contribution is -2.38. The summed E-state index contributed by atoms with van der Waals surface area (Å²) in [5.41, 5.74) is 1.81. The molecule has 16 heavy (non-hydrogen) atoms. The summed E-state index contributed by atoms with van der Waals surface area (Å²) in [6.45, 7) is 7.12. The van der Waals surface area contributed by atoms with Gasteiger partial charge in [-0.3, -0.25) is 4.84 Å². The van der Waals surface area contributed by atoms with E-state index in [-0.39, 0.29) is 0 Å². The monoisotopic (exact) mass is 235 g/mol. The van der Waals surface area contributed by atoms with E-state index < -0.39 is 8.07 Å². The molecule has 2 rings (SSSR count). The van der Waals surface area contributed by atoms with E-state index in [2.05, 4.69) is 57.0 Å². The van der Waals surface area contributed by atoms with Crippen molar-refractivity contribution in [3.05, 3.63) is 35.9 Å². The molecular formula is C13H21NOSi. The lowest BCUT2D eigenvalue weighted by atomic mass is 10.1. The molecule has 2 atom stereocenters. The van der Waals surface area contributed by atoms with Gasteiger partial charge in [-0.25, -0.2) is 0 Å². The third-order valence-electron chi connectivity index (χ3n) is 3.32. The van der Waals surface area contributed by atoms with Gasteiger partial charge in [-0.15, -0.1) is 0 Å². The molecule has 0 aliphatic carbocycles. The Kier molecular flexibility index (Phi) is 3.19. The molecule has 0 radical (unpaired) electrons. The van der Waals surface area contributed by atoms with Gasteiger partial charge >= 0.3 is 0 Å². The number of hydroxylamine groups is 2. The van der Waals surface area contributed by atoms with Crippen molar-refractivity contribution >= 4 is 8.07 Å². The van der Waals surface area contributed by atoms with Crippen molar-refractivity contribution in [1.29, 1.82) is 0 Å². The molecule has 0 unspecified atom stereocenters. The van der Waals surface area contributed by atoms with Crippen molar-refractivity contribution in [1.82, 2.24) is 5.06 Å². The Hall–Kier alpha value is -0.643. The van der Waals surface area contributed by atoms with E-state index in [9.17, 15) is 0 Å². The van der Waals surface area contributed by atoms with Crippen LogP contribution >= 0.6 is 0 Å². The number of benzene rings is 1. The van der Waals surface area contributed by atoms with E-state index in [0.717, 1.165) is 6.42 Å². The summed E-state index contributed by atoms with van der Waals surface area (Å²) in [5, 5.41) is 2.04. The normalized spacial score (nSPS) is 27.2. The Morgan fingerprint density at radius 3 is 2.31 bits per heavy atom. The molecule has 1 saturated heterocycles. The fourth-order valence-corrected chi connectivity index (χ4v) is 3.61. The molecular weight excluding hydrogens is 214 g/mol. The average molecular weight is 235 g/mol. The Bertz CT molecular complexity index is 347. The first kappa shape index (κ1) is 11.8. The minimum atomic E-state index is -1.20. The summed E-state index contributed by atoms with van der Waals surface area (Å²) in [7, 11) is 0.849. The Labute approximate surface area is 99.2 Å². The summed E-state index contributed by atoms with van der Waals surface area (Å²) in [6, 6.07) is 11.1. The lowest BCUT2D eigenvalue weighted by molar-refractivity contribution is -0.125. The summed E-state index contributed by atoms with van der Waals surface area (Å²) in [4.78, 5) is 5.99. The first-order valence-corrected chi connectivity index (χ1v) is 9.51. The standard InChI is InChI=1S/C13H21NOSi/c1-14-12(11-8-6-5-7-9-11)10-13(15-14)16(2,3)4/h5-9,12-13H,10H2,1-4H3/t12-,13+/m0/s1. The first-order chi connectivity index (χ1) is 7.48. The van der Waals surface area contributed by atoms with Gasteiger partial charge in [0.2, 0.25) is 0 Å². The van der Waals surface area contributed by atoms with Gasteiger partial charge < -0.3 is 0 Å². The van der Waals surface area contributed by atoms with Crippen LogP contribution < -0.4 is 0 Å². The van der Waals surface area contributed by atoms with Gasteiger partial charge in [0.25, 0.3) is 0 Å². The van der Waals surface area contributed by atoms with Crippen molar-refractivity contribution in [3.8, 4) is 0 Å². The number of hydrogen-bond acceptors (Lipinski definition) is 2. The lowest BCUT2D eigenvalue weighted by Gasteiger charge is -2.23. The molecule has 0 amide bonds. The Morgan fingerprint density at radius 2 is 1.81 bits per heavy atom. The zero-order valence-electron chi connectivity index (χ0n) is 10.6. The largest absolute Gasteiger partial charge is 0.299 e. The van der Waals surface area contributed by atoms with E-state index >= 15 is 0 Å². The third-order valence-corrected chi connectivity index (χ3v) is 5.59. The highest BCUT2D eigenvalue weighted by atomic mass is 28.3. The molecule has 0 N–H and O–H groups in total. The number of rotatable bonds is 2. The molecule has 0 bridgehead atoms. The van der Waals surface area contributed by atoms with Crippen LogP contribution in [0.1, 0.15) is 18.0 Å². The van der Waals surface area contributed by atoms with Gasteiger partial charge in [0.05, 0.1) is 19.8 Å². The molecule has 1 aromatic rings. The number of hydrogen-bond donors (Lipinski definition) is 0. The zero-order valence-corrected chi connectivity index (χ0v) is 11.6. The van der Waals surface area contributed by atoms with Crippen LogP contribution in [0, 0.1) is 0 Å². The van der Waals surface area contributed by atoms with Crippen molar-refractivity contribution < 1.29 is 4.84 Å². The molecule has 0 spiro atoms. The van der Waals surface area contributed by atoms with E-state index in [1.807, 2.05) is 5.06 Å². The van der Waals surface area contributed by atoms with Crippen LogP contribution in [0.5, 0.6) is 0 Å². The summed E-state index contributed by atoms with van der Waals surface area (Å²) in [5.74, 6) is 0. The van der Waals surface area contributed by atoms with Gasteiger partial charge in [-0.2, -0.15) is 5.06 Å². The molecule has 0 saturated carbocycles. The van der Waals surface area contributed by atoms with Crippen molar-refractivity contribution in [2.45, 2.75) is 37.8 Å². The van der Waals surface area contributed by atoms with Crippen molar-refractivity contribution in [2.24, 2.45) is 0 Å². The van der Waals surface area contributed by atoms with Crippen LogP contribution in [-0.2, 0) is 4.84 Å². The first-order valence-electron chi connectivity index (χ1n) is 5.93. The predicted octanol–water partition coefficient (Wildman–Crippen LogP) is 3.24. The van der Waals surface area contributed by atoms with Crippen LogP contribution in [0.25, 0.3) is 0 Å². The second-order valence-corrected chi connectivity index (χ2v) is 11.0. The zero-order chi connectivity index (χ0) is 11.8. The molecule has 3 heteroatoms. The fraction of sp³-hybridized carbons (Fsp3) is 0.538. The van der Waals surface area contributed by atoms with E-state index in [1.54, 1.807) is 0 Å². The minimum Gasteiger partial charge on any atom is -0.299 e. The van der Waals surface area contributed by atoms with Crippen LogP contribution in [0.2, 0.25) is 19.6 Å². The van der Waals surface area contributed by atoms with Crippen LogP contribution in [0.15, 0.2) is 30.3 Å². The molecule has 1 aliphatic rings. The van der Waals surface area contributed by atoms with Gasteiger partial charge in [0.1, 0.15) is 0 Å². The molecule has 1 fully saturated rings. The molecule has 1 heterocycles. The Balaban J connectivity index is 2.15. The average Bonchev–Trinajstić information content (AvgIpc) is 2.61. The second kappa shape index (κ2) is 4.32. The highest BCUT2D eigenvalue weighted by Crippen LogP contribution is 2.36. The summed E-state index contributed by atoms with van der Waals surface area (Å²) < 4.78 is 0. The SMILES string of the molecule is CN1O[C@H]([Si](C)(C)C)C[C@H]1c1ccccc1. The second-order valence-electron chi connectivity index (χ2n) is 5.67. The molecule has 1 aliphatic heterocycles. The maximum absolute atomic E-state index is 5.99. The quantitative estimate of drug-likeness (QED) is 0.730. The maximum atomic E-state index is 5.99. The Morgan fingerprint density at radius 1 is 1.19 bits per heavy atom. The molecule has 1 aromatic carbocycles. The smallest absolute Gasteiger partial charge is 0.0813 e. The van der Waals surface area contributed by atoms with Crippen molar-refractivity contribution in [2.75, 3.05) is 7.05 Å². The topological polar surface area (TPSA) is 12.5 Å². The predicted molar refractivity (Wildman–Crippen MR) is 69.8 cm³/mol. The van der Waals surface area contributed by atoms with E-state index in [1.165, 1.54) is 5.56 Å². The van der Waals surface area contributed by atoms with Gasteiger partial charge in [0.15, 0.2) is 0 Å². The van der Waals surface area contributed by atoms with Crippen LogP contribution in [0.4, 0.5) is 0 Å². The minimum absolute atomic E-state index is 0.429. The van der Waals surface area contributed by atoms with Crippen molar-refractivity contribution in [3.63, 3.8) is 0 Å². The van der Waals surface area contributed by atoms with Crippen LogP contribution in [-0.4, -0.2) is 25.9 Å². The van der Waals surface area contributed by atoms with Gasteiger partial charge in [0, 0.05) is 7.05 Å². The maximum Gasteiger partial charge on any atom is 0.0813 e. The highest BCUT2D eigenvalue weighted by Gasteiger charge is 2.39. The van der Waals surface area contributed by atoms with E-state index in [0.29, 0.717) is 11.8 Å². The van der Waals surface area contributed by atoms with Gasteiger partial charge in [-0.05, 0) is 12.0 Å². The molecule has 88 valence electrons. The number of nitrogens with zero attached hydrogens (tertiary/aromatic N) is 1. The van der Waals surface area contributed by atoms with Gasteiger partial charge in [-0.1, -0.05) is 50.0 Å².